The minimum atomic E-state index is -0.830. The van der Waals surface area contributed by atoms with Crippen LogP contribution >= 0.6 is 11.6 Å². The molecule has 782 valence electrons. The molecule has 0 heterocycles. The van der Waals surface area contributed by atoms with E-state index in [1.165, 1.54) is 22.3 Å². The number of Topliss-reactive ketones (excluding diaryl/α,β-unsaturated/α-hetero) is 3. The number of aldehydes is 1. The number of halogens is 1. The zero-order valence-corrected chi connectivity index (χ0v) is 95.8. The van der Waals surface area contributed by atoms with E-state index in [1.54, 1.807) is 41.7 Å². The highest BCUT2D eigenvalue weighted by Crippen LogP contribution is 2.11. The van der Waals surface area contributed by atoms with Gasteiger partial charge in [-0.3, -0.25) is 33.8 Å². The van der Waals surface area contributed by atoms with Gasteiger partial charge in [0.25, 0.3) is 0 Å². The number of alkyl halides is 1. The van der Waals surface area contributed by atoms with Crippen molar-refractivity contribution in [2.45, 2.75) is 314 Å². The van der Waals surface area contributed by atoms with Gasteiger partial charge in [-0.05, 0) is 107 Å². The number of benzene rings is 8. The van der Waals surface area contributed by atoms with Crippen LogP contribution in [0.2, 0.25) is 0 Å². The lowest BCUT2D eigenvalue weighted by molar-refractivity contribution is -0.142. The van der Waals surface area contributed by atoms with Gasteiger partial charge in [-0.2, -0.15) is 0 Å². The van der Waals surface area contributed by atoms with Gasteiger partial charge in [-0.15, -0.1) is 11.6 Å². The number of carbonyl (C=O) groups excluding carboxylic acids is 4. The molecule has 14 heteroatoms. The maximum atomic E-state index is 11.8. The van der Waals surface area contributed by atoms with Crippen LogP contribution in [0.4, 0.5) is 0 Å². The molecule has 0 spiro atoms. The molecule has 0 aliphatic carbocycles. The second-order valence-corrected chi connectivity index (χ2v) is 24.4. The number of rotatable bonds is 33. The summed E-state index contributed by atoms with van der Waals surface area (Å²) in [5.41, 5.74) is 9.19. The fourth-order valence-corrected chi connectivity index (χ4v) is 8.85. The Kier molecular flexibility index (Phi) is 168. The van der Waals surface area contributed by atoms with Gasteiger partial charge in [0.05, 0.1) is 18.1 Å². The number of hydrogen-bond acceptors (Lipinski definition) is 11. The topological polar surface area (TPSA) is 185 Å². The number of ketones is 3. The Hall–Kier alpha value is -10.6. The van der Waals surface area contributed by atoms with E-state index in [2.05, 4.69) is 69.4 Å². The number of carboxylic acid groups (broad SMARTS) is 2. The molecule has 138 heavy (non-hydrogen) atoms. The lowest BCUT2D eigenvalue weighted by atomic mass is 10.1. The highest BCUT2D eigenvalue weighted by atomic mass is 35.5. The lowest BCUT2D eigenvalue weighted by Gasteiger charge is -2.24. The zero-order valence-electron chi connectivity index (χ0n) is 95.1. The summed E-state index contributed by atoms with van der Waals surface area (Å²) in [5.74, 6) is -0.518. The maximum Gasteiger partial charge on any atom is 0.320 e. The average molecular weight is 1930 g/mol. The van der Waals surface area contributed by atoms with E-state index in [4.69, 9.17) is 16.7 Å². The third-order valence-electron chi connectivity index (χ3n) is 15.7. The number of hydrogen-bond donors (Lipinski definition) is 5. The van der Waals surface area contributed by atoms with Crippen molar-refractivity contribution in [2.24, 2.45) is 0 Å². The van der Waals surface area contributed by atoms with Crippen LogP contribution in [0.1, 0.15) is 328 Å². The summed E-state index contributed by atoms with van der Waals surface area (Å²) in [5, 5.41) is 26.7. The number of nitrogens with one attached hydrogen (secondary N) is 3. The first-order chi connectivity index (χ1) is 67.3. The van der Waals surface area contributed by atoms with Crippen molar-refractivity contribution in [1.82, 2.24) is 25.8 Å². The standard InChI is InChI=1S/C22H25NO.C21H23NO2.C13H17NO.C12H15NO2.C10H10O.C9H9Cl.C5H11NO.16C2H6/c1-19(20(2)24)23(17-9-15-21-11-5-3-6-12-21)18-10-16-22-13-7-4-8-14-22;1-18(21(23)24)22(16-8-14-19-10-4-2-5-11-19)17-9-15-20-12-6-3-7-13-20;1-11(12(2)15)14-10-6-9-13-7-4-3-5-8-13;1-10(12(14)15)13-9-5-8-11-6-3-2-4-7-11;11-9-5-4-8-10-6-2-1-3-7-10;10-8-4-7-9-5-2-1-3-6-9;1-4(6-3)5(2)7;16*1-2/h3-16,19H,17-18H2,1-2H3;2-15,18H,16-17H2,1H3,(H,23,24);3-9,11,14H,10H2,1-2H3;2-8,10,13H,9H2,1H3,(H,14,15);1-4,6-9H,5H2;1-7H,8H2;4,6H,1-3H3;16*1-2H3/b15-9+,16-10+;14-8+,15-9+;9-6+;8-5+;8-4+;7-4+;;;;;;;;;;;;;;;;;. The highest BCUT2D eigenvalue weighted by molar-refractivity contribution is 6.19. The molecule has 8 aromatic rings. The highest BCUT2D eigenvalue weighted by Gasteiger charge is 2.19. The molecular formula is C124H206ClN5O8. The second-order valence-electron chi connectivity index (χ2n) is 24.1. The average Bonchev–Trinajstić information content (AvgIpc) is 0.904. The van der Waals surface area contributed by atoms with E-state index in [0.29, 0.717) is 31.9 Å². The molecule has 13 nitrogen and oxygen atoms in total. The van der Waals surface area contributed by atoms with Gasteiger partial charge in [0.2, 0.25) is 0 Å². The summed E-state index contributed by atoms with van der Waals surface area (Å²) < 4.78 is 0. The Balaban J connectivity index is -0.0000000956. The smallest absolute Gasteiger partial charge is 0.320 e. The van der Waals surface area contributed by atoms with Crippen molar-refractivity contribution in [3.05, 3.63) is 336 Å². The molecule has 0 amide bonds. The molecule has 0 saturated heterocycles. The van der Waals surface area contributed by atoms with Crippen molar-refractivity contribution >= 4 is 95.8 Å². The monoisotopic (exact) mass is 1930 g/mol. The molecule has 5 unspecified atom stereocenters. The van der Waals surface area contributed by atoms with Crippen molar-refractivity contribution < 1.29 is 39.0 Å². The summed E-state index contributed by atoms with van der Waals surface area (Å²) in [7, 11) is 1.77. The Bertz CT molecular complexity index is 3580. The first-order valence-corrected chi connectivity index (χ1v) is 52.1. The largest absolute Gasteiger partial charge is 0.480 e. The minimum Gasteiger partial charge on any atom is -0.480 e. The molecule has 5 N–H and O–H groups in total. The van der Waals surface area contributed by atoms with Crippen molar-refractivity contribution in [2.75, 3.05) is 52.2 Å². The molecule has 0 radical (unpaired) electrons. The molecule has 0 fully saturated rings. The molecule has 0 saturated carbocycles. The quantitative estimate of drug-likeness (QED) is 0.0193. The van der Waals surface area contributed by atoms with E-state index in [-0.39, 0.29) is 35.5 Å². The van der Waals surface area contributed by atoms with E-state index in [0.717, 1.165) is 48.2 Å². The van der Waals surface area contributed by atoms with Crippen LogP contribution in [0, 0.1) is 0 Å². The Morgan fingerprint density at radius 1 is 0.268 bits per heavy atom. The van der Waals surface area contributed by atoms with Crippen LogP contribution in [-0.2, 0) is 28.8 Å². The summed E-state index contributed by atoms with van der Waals surface area (Å²) in [4.78, 5) is 68.8. The van der Waals surface area contributed by atoms with Crippen molar-refractivity contribution in [3.63, 3.8) is 0 Å². The number of carbonyl (C=O) groups is 6. The van der Waals surface area contributed by atoms with Crippen LogP contribution < -0.4 is 16.0 Å². The fraction of sp³-hybridized carbons (Fsp3) is 0.435. The number of carboxylic acids is 2. The summed E-state index contributed by atoms with van der Waals surface area (Å²) in [6.45, 7) is 81.8. The molecule has 0 aliphatic rings. The second kappa shape index (κ2) is 144. The number of allylic oxidation sites excluding steroid dienone is 2. The Morgan fingerprint density at radius 3 is 0.623 bits per heavy atom. The molecule has 5 atom stereocenters. The molecule has 8 rings (SSSR count). The fourth-order valence-electron chi connectivity index (χ4n) is 8.76. The zero-order chi connectivity index (χ0) is 110. The van der Waals surface area contributed by atoms with Gasteiger partial charge in [0, 0.05) is 51.6 Å². The Morgan fingerprint density at radius 2 is 0.457 bits per heavy atom. The third-order valence-corrected chi connectivity index (χ3v) is 15.9. The third kappa shape index (κ3) is 114. The molecule has 0 aliphatic heterocycles. The van der Waals surface area contributed by atoms with E-state index in [1.807, 2.05) is 539 Å². The molecule has 8 aromatic carbocycles. The first kappa shape index (κ1) is 161. The number of nitrogens with zero attached hydrogens (tertiary/aromatic N) is 2. The van der Waals surface area contributed by atoms with Gasteiger partial charge in [0.1, 0.15) is 35.7 Å². The summed E-state index contributed by atoms with van der Waals surface area (Å²) in [6, 6.07) is 79.2. The normalized spacial score (nSPS) is 10.3. The van der Waals surface area contributed by atoms with E-state index < -0.39 is 24.0 Å². The predicted octanol–water partition coefficient (Wildman–Crippen LogP) is 34.7. The van der Waals surface area contributed by atoms with Crippen molar-refractivity contribution in [1.29, 1.82) is 0 Å². The number of aliphatic carboxylic acids is 2. The molecule has 0 aromatic heterocycles. The van der Waals surface area contributed by atoms with E-state index >= 15 is 0 Å². The van der Waals surface area contributed by atoms with Gasteiger partial charge >= 0.3 is 11.9 Å². The summed E-state index contributed by atoms with van der Waals surface area (Å²) in [6.07, 6.45) is 33.5. The number of likely N-dealkylation sites (N-methyl/N-ethyl adjacent to an activating group) is 1. The predicted molar refractivity (Wildman–Crippen MR) is 630 cm³/mol. The van der Waals surface area contributed by atoms with Crippen LogP contribution in [0.15, 0.2) is 291 Å². The Labute approximate surface area is 856 Å². The van der Waals surface area contributed by atoms with Crippen molar-refractivity contribution in [3.8, 4) is 0 Å². The van der Waals surface area contributed by atoms with E-state index in [9.17, 15) is 33.9 Å². The molecule has 0 bridgehead atoms. The van der Waals surface area contributed by atoms with Gasteiger partial charge in [0.15, 0.2) is 0 Å². The SMILES string of the molecule is CC.CC.CC.CC.CC.CC.CC.CC.CC.CC.CC.CC.CC.CC.CC.CC.CC(=O)C(C)N(C/C=C/c1ccccc1)C/C=C/c1ccccc1.CC(=O)C(C)NC/C=C/c1ccccc1.CC(C(=O)O)N(C/C=C/c1ccccc1)C/C=C/c1ccccc1.CC(NC/C=C/c1ccccc1)C(=O)O.CNC(C)C(C)=O.ClC/C=C/c1ccccc1.O=CC/C=C/c1ccccc1. The van der Waals surface area contributed by atoms with Crippen LogP contribution in [0.25, 0.3) is 48.6 Å². The summed E-state index contributed by atoms with van der Waals surface area (Å²) >= 11 is 5.46. The van der Waals surface area contributed by atoms with Crippen LogP contribution in [0.5, 0.6) is 0 Å². The first-order valence-electron chi connectivity index (χ1n) is 51.6. The minimum absolute atomic E-state index is 0.0139. The maximum absolute atomic E-state index is 11.8. The van der Waals surface area contributed by atoms with Crippen LogP contribution in [-0.4, -0.2) is 138 Å². The van der Waals surface area contributed by atoms with Crippen LogP contribution in [0.3, 0.4) is 0 Å². The van der Waals surface area contributed by atoms with Gasteiger partial charge < -0.3 is 31.0 Å². The molecular weight excluding hydrogens is 1720 g/mol. The lowest BCUT2D eigenvalue weighted by Crippen LogP contribution is -2.39. The van der Waals surface area contributed by atoms with Gasteiger partial charge in [-0.1, -0.05) is 561 Å². The van der Waals surface area contributed by atoms with Gasteiger partial charge in [-0.25, -0.2) is 0 Å².